The minimum absolute atomic E-state index is 0.268. The molecule has 0 aliphatic rings. The van der Waals surface area contributed by atoms with Crippen LogP contribution in [0.2, 0.25) is 0 Å². The van der Waals surface area contributed by atoms with E-state index in [9.17, 15) is 4.79 Å². The first-order valence-corrected chi connectivity index (χ1v) is 8.45. The lowest BCUT2D eigenvalue weighted by molar-refractivity contribution is -0.122. The molecule has 1 amide bonds. The lowest BCUT2D eigenvalue weighted by Gasteiger charge is -2.15. The molecule has 0 saturated heterocycles. The van der Waals surface area contributed by atoms with Gasteiger partial charge in [-0.15, -0.1) is 0 Å². The number of carbonyl (C=O) groups excluding carboxylic acids is 1. The van der Waals surface area contributed by atoms with E-state index in [1.165, 1.54) is 0 Å². The Morgan fingerprint density at radius 3 is 2.11 bits per heavy atom. The minimum Gasteiger partial charge on any atom is -0.481 e. The molecule has 0 aliphatic carbocycles. The van der Waals surface area contributed by atoms with Gasteiger partial charge in [0, 0.05) is 5.69 Å². The Kier molecular flexibility index (Phi) is 5.70. The van der Waals surface area contributed by atoms with Gasteiger partial charge in [-0.3, -0.25) is 4.79 Å². The molecule has 0 unspecified atom stereocenters. The van der Waals surface area contributed by atoms with Crippen molar-refractivity contribution in [3.8, 4) is 23.3 Å². The zero-order chi connectivity index (χ0) is 19.1. The maximum Gasteiger partial charge on any atom is 0.265 e. The molecule has 0 heterocycles. The van der Waals surface area contributed by atoms with E-state index >= 15 is 0 Å². The Labute approximate surface area is 157 Å². The van der Waals surface area contributed by atoms with Crippen molar-refractivity contribution in [2.24, 2.45) is 0 Å². The number of hydrogen-bond donors (Lipinski definition) is 1. The second kappa shape index (κ2) is 8.54. The summed E-state index contributed by atoms with van der Waals surface area (Å²) in [5.74, 6) is 1.69. The lowest BCUT2D eigenvalue weighted by Crippen LogP contribution is -2.30. The monoisotopic (exact) mass is 358 g/mol. The number of para-hydroxylation sites is 1. The summed E-state index contributed by atoms with van der Waals surface area (Å²) in [6, 6.07) is 25.2. The fourth-order valence-electron chi connectivity index (χ4n) is 2.34. The number of benzene rings is 3. The van der Waals surface area contributed by atoms with Crippen LogP contribution in [0.5, 0.6) is 17.2 Å². The summed E-state index contributed by atoms with van der Waals surface area (Å²) in [7, 11) is 0. The summed E-state index contributed by atoms with van der Waals surface area (Å²) in [6.07, 6.45) is -0.682. The molecule has 0 spiro atoms. The first-order valence-electron chi connectivity index (χ1n) is 8.45. The van der Waals surface area contributed by atoms with E-state index < -0.39 is 6.10 Å². The van der Waals surface area contributed by atoms with Gasteiger partial charge in [-0.05, 0) is 67.6 Å². The Balaban J connectivity index is 1.55. The smallest absolute Gasteiger partial charge is 0.265 e. The second-order valence-corrected chi connectivity index (χ2v) is 5.83. The zero-order valence-electron chi connectivity index (χ0n) is 14.8. The summed E-state index contributed by atoms with van der Waals surface area (Å²) in [6.45, 7) is 1.67. The largest absolute Gasteiger partial charge is 0.481 e. The van der Waals surface area contributed by atoms with Crippen LogP contribution >= 0.6 is 0 Å². The van der Waals surface area contributed by atoms with Gasteiger partial charge in [0.1, 0.15) is 17.2 Å². The molecule has 5 nitrogen and oxygen atoms in total. The second-order valence-electron chi connectivity index (χ2n) is 5.83. The van der Waals surface area contributed by atoms with Crippen LogP contribution in [0.15, 0.2) is 78.9 Å². The van der Waals surface area contributed by atoms with Crippen LogP contribution < -0.4 is 14.8 Å². The number of rotatable bonds is 6. The molecule has 0 radical (unpaired) electrons. The van der Waals surface area contributed by atoms with Crippen LogP contribution in [0, 0.1) is 11.3 Å². The summed E-state index contributed by atoms with van der Waals surface area (Å²) in [5, 5.41) is 11.6. The fraction of sp³-hybridized carbons (Fsp3) is 0.0909. The van der Waals surface area contributed by atoms with Crippen molar-refractivity contribution in [1.82, 2.24) is 0 Å². The highest BCUT2D eigenvalue weighted by molar-refractivity contribution is 5.94. The number of ether oxygens (including phenoxy) is 2. The molecule has 5 heteroatoms. The third kappa shape index (κ3) is 5.10. The van der Waals surface area contributed by atoms with Gasteiger partial charge in [0.05, 0.1) is 11.6 Å². The molecule has 0 aromatic heterocycles. The van der Waals surface area contributed by atoms with Gasteiger partial charge < -0.3 is 14.8 Å². The van der Waals surface area contributed by atoms with Gasteiger partial charge in [0.15, 0.2) is 6.10 Å². The van der Waals surface area contributed by atoms with Gasteiger partial charge in [-0.25, -0.2) is 0 Å². The maximum absolute atomic E-state index is 12.3. The van der Waals surface area contributed by atoms with Crippen molar-refractivity contribution in [3.05, 3.63) is 84.4 Å². The van der Waals surface area contributed by atoms with Crippen molar-refractivity contribution >= 4 is 11.6 Å². The fourth-order valence-corrected chi connectivity index (χ4v) is 2.34. The highest BCUT2D eigenvalue weighted by atomic mass is 16.5. The average molecular weight is 358 g/mol. The molecule has 0 saturated carbocycles. The quantitative estimate of drug-likeness (QED) is 0.690. The zero-order valence-corrected chi connectivity index (χ0v) is 14.8. The van der Waals surface area contributed by atoms with Gasteiger partial charge in [0.2, 0.25) is 0 Å². The number of nitrogens with zero attached hydrogens (tertiary/aromatic N) is 1. The van der Waals surface area contributed by atoms with Crippen molar-refractivity contribution in [2.45, 2.75) is 13.0 Å². The molecule has 0 bridgehead atoms. The van der Waals surface area contributed by atoms with Crippen LogP contribution in [0.25, 0.3) is 0 Å². The van der Waals surface area contributed by atoms with Crippen molar-refractivity contribution in [1.29, 1.82) is 5.26 Å². The van der Waals surface area contributed by atoms with E-state index in [2.05, 4.69) is 5.32 Å². The van der Waals surface area contributed by atoms with E-state index in [1.54, 1.807) is 55.5 Å². The Bertz CT molecular complexity index is 930. The summed E-state index contributed by atoms with van der Waals surface area (Å²) < 4.78 is 11.3. The Morgan fingerprint density at radius 2 is 1.48 bits per heavy atom. The molecule has 1 atom stereocenters. The summed E-state index contributed by atoms with van der Waals surface area (Å²) >= 11 is 0. The van der Waals surface area contributed by atoms with Gasteiger partial charge in [-0.2, -0.15) is 5.26 Å². The van der Waals surface area contributed by atoms with Crippen LogP contribution in [-0.4, -0.2) is 12.0 Å². The first kappa shape index (κ1) is 18.0. The molecule has 1 N–H and O–H groups in total. The highest BCUT2D eigenvalue weighted by Gasteiger charge is 2.15. The number of hydrogen-bond acceptors (Lipinski definition) is 4. The van der Waals surface area contributed by atoms with E-state index in [4.69, 9.17) is 14.7 Å². The molecule has 0 aliphatic heterocycles. The number of amides is 1. The summed E-state index contributed by atoms with van der Waals surface area (Å²) in [4.78, 5) is 12.3. The molecule has 3 aromatic rings. The van der Waals surface area contributed by atoms with E-state index in [-0.39, 0.29) is 5.91 Å². The predicted octanol–water partition coefficient (Wildman–Crippen LogP) is 4.76. The molecule has 3 rings (SSSR count). The van der Waals surface area contributed by atoms with Gasteiger partial charge in [-0.1, -0.05) is 18.2 Å². The normalized spacial score (nSPS) is 11.1. The minimum atomic E-state index is -0.682. The van der Waals surface area contributed by atoms with Gasteiger partial charge >= 0.3 is 0 Å². The number of anilines is 1. The number of nitriles is 1. The third-order valence-corrected chi connectivity index (χ3v) is 3.77. The topological polar surface area (TPSA) is 71.3 Å². The lowest BCUT2D eigenvalue weighted by atomic mass is 10.2. The van der Waals surface area contributed by atoms with Crippen LogP contribution in [-0.2, 0) is 4.79 Å². The number of carbonyl (C=O) groups is 1. The average Bonchev–Trinajstić information content (AvgIpc) is 2.71. The Hall–Kier alpha value is -3.78. The van der Waals surface area contributed by atoms with Crippen molar-refractivity contribution in [3.63, 3.8) is 0 Å². The van der Waals surface area contributed by atoms with E-state index in [0.717, 1.165) is 5.75 Å². The van der Waals surface area contributed by atoms with E-state index in [1.807, 2.05) is 36.4 Å². The third-order valence-electron chi connectivity index (χ3n) is 3.77. The molecule has 0 fully saturated rings. The predicted molar refractivity (Wildman–Crippen MR) is 103 cm³/mol. The van der Waals surface area contributed by atoms with E-state index in [0.29, 0.717) is 22.7 Å². The van der Waals surface area contributed by atoms with Gasteiger partial charge in [0.25, 0.3) is 5.91 Å². The molecule has 3 aromatic carbocycles. The van der Waals surface area contributed by atoms with Crippen molar-refractivity contribution < 1.29 is 14.3 Å². The maximum atomic E-state index is 12.3. The Morgan fingerprint density at radius 1 is 0.889 bits per heavy atom. The van der Waals surface area contributed by atoms with Crippen LogP contribution in [0.3, 0.4) is 0 Å². The highest BCUT2D eigenvalue weighted by Crippen LogP contribution is 2.23. The first-order chi connectivity index (χ1) is 13.1. The van der Waals surface area contributed by atoms with Crippen molar-refractivity contribution in [2.75, 3.05) is 5.32 Å². The van der Waals surface area contributed by atoms with Crippen LogP contribution in [0.1, 0.15) is 12.5 Å². The SMILES string of the molecule is C[C@@H](Oc1ccc(C#N)cc1)C(=O)Nc1ccc(Oc2ccccc2)cc1. The molecular weight excluding hydrogens is 340 g/mol. The standard InChI is InChI=1S/C22H18N2O3/c1-16(26-20-11-7-17(15-23)8-12-20)22(25)24-18-9-13-21(14-10-18)27-19-5-3-2-4-6-19/h2-14,16H,1H3,(H,24,25)/t16-/m1/s1. The molecule has 134 valence electrons. The molecular formula is C22H18N2O3. The molecule has 27 heavy (non-hydrogen) atoms. The summed E-state index contributed by atoms with van der Waals surface area (Å²) in [5.41, 5.74) is 1.19. The van der Waals surface area contributed by atoms with Crippen LogP contribution in [0.4, 0.5) is 5.69 Å². The number of nitrogens with one attached hydrogen (secondary N) is 1.